The highest BCUT2D eigenvalue weighted by atomic mass is 32.1. The minimum Gasteiger partial charge on any atom is -0.253 e. The predicted octanol–water partition coefficient (Wildman–Crippen LogP) is 21.3. The minimum atomic E-state index is 0.997. The molecule has 0 bridgehead atoms. The molecule has 7 aromatic rings. The van der Waals surface area contributed by atoms with Gasteiger partial charge in [-0.25, -0.2) is 0 Å². The summed E-state index contributed by atoms with van der Waals surface area (Å²) >= 11 is 7.85. The molecule has 0 N–H and O–H groups in total. The van der Waals surface area contributed by atoms with Crippen LogP contribution in [0.4, 0.5) is 0 Å². The lowest BCUT2D eigenvalue weighted by atomic mass is 10.0. The summed E-state index contributed by atoms with van der Waals surface area (Å²) < 4.78 is 0. The standard InChI is InChI=1S/C60H80N2S4/c1-5-9-13-17-21-25-29-45-35-55(63-43-45)59-49(31-27-23-19-15-11-7-3)39-53(65-59)51-37-47-33-34-48-38-52(42-62-58(48)57(47)61-41-51)54-40-50(32-28-24-20-16-12-8-4)60(66-54)56-36-46(44-64-56)30-26-22-18-14-10-6-2/h33-44H,5-32H2,1-4H3. The number of aromatic nitrogens is 2. The molecule has 7 rings (SSSR count). The first-order valence-electron chi connectivity index (χ1n) is 26.7. The summed E-state index contributed by atoms with van der Waals surface area (Å²) in [5.41, 5.74) is 10.5. The summed E-state index contributed by atoms with van der Waals surface area (Å²) in [7, 11) is 0. The Bertz CT molecular complexity index is 2310. The molecule has 1 aromatic carbocycles. The molecule has 6 aromatic heterocycles. The van der Waals surface area contributed by atoms with Crippen LogP contribution in [0.3, 0.4) is 0 Å². The van der Waals surface area contributed by atoms with Crippen LogP contribution >= 0.6 is 45.3 Å². The van der Waals surface area contributed by atoms with Crippen LogP contribution in [0.2, 0.25) is 0 Å². The minimum absolute atomic E-state index is 0.997. The number of hydrogen-bond acceptors (Lipinski definition) is 6. The van der Waals surface area contributed by atoms with Crippen molar-refractivity contribution >= 4 is 67.2 Å². The van der Waals surface area contributed by atoms with Gasteiger partial charge in [-0.2, -0.15) is 0 Å². The van der Waals surface area contributed by atoms with E-state index in [4.69, 9.17) is 9.97 Å². The lowest BCUT2D eigenvalue weighted by Crippen LogP contribution is -1.88. The van der Waals surface area contributed by atoms with E-state index in [-0.39, 0.29) is 0 Å². The molecule has 0 aliphatic heterocycles. The maximum absolute atomic E-state index is 5.18. The van der Waals surface area contributed by atoms with Crippen LogP contribution in [0.1, 0.15) is 204 Å². The van der Waals surface area contributed by atoms with Crippen molar-refractivity contribution in [1.29, 1.82) is 0 Å². The molecule has 0 amide bonds. The smallest absolute Gasteiger partial charge is 0.0965 e. The van der Waals surface area contributed by atoms with Gasteiger partial charge in [0.15, 0.2) is 0 Å². The molecule has 354 valence electrons. The molecule has 0 unspecified atom stereocenters. The topological polar surface area (TPSA) is 25.8 Å². The Morgan fingerprint density at radius 1 is 0.364 bits per heavy atom. The van der Waals surface area contributed by atoms with Crippen LogP contribution in [0.25, 0.3) is 62.2 Å². The Labute approximate surface area is 416 Å². The first-order chi connectivity index (χ1) is 32.6. The first kappa shape index (κ1) is 50.7. The number of fused-ring (bicyclic) bond motifs is 3. The molecule has 0 atom stereocenters. The average Bonchev–Trinajstić information content (AvgIpc) is 4.18. The second-order valence-electron chi connectivity index (χ2n) is 19.3. The van der Waals surface area contributed by atoms with Crippen molar-refractivity contribution in [2.45, 2.75) is 207 Å². The third-order valence-electron chi connectivity index (χ3n) is 13.7. The molecule has 0 saturated carbocycles. The fraction of sp³-hybridized carbons (Fsp3) is 0.533. The van der Waals surface area contributed by atoms with Gasteiger partial charge < -0.3 is 0 Å². The number of unbranched alkanes of at least 4 members (excludes halogenated alkanes) is 20. The number of pyridine rings is 2. The van der Waals surface area contributed by atoms with Crippen molar-refractivity contribution in [2.75, 3.05) is 0 Å². The molecule has 66 heavy (non-hydrogen) atoms. The monoisotopic (exact) mass is 957 g/mol. The highest BCUT2D eigenvalue weighted by molar-refractivity contribution is 7.24. The molecular formula is C60H80N2S4. The molecule has 6 heterocycles. The SMILES string of the molecule is CCCCCCCCc1csc(-c2sc(-c3cnc4c(ccc5cc(-c6cc(CCCCCCCC)c(-c7cc(CCCCCCCC)cs7)s6)cnc54)c3)cc2CCCCCCCC)c1. The molecule has 0 fully saturated rings. The number of hydrogen-bond donors (Lipinski definition) is 0. The Hall–Kier alpha value is -3.16. The van der Waals surface area contributed by atoms with Crippen molar-refractivity contribution in [3.8, 4) is 40.4 Å². The molecule has 0 radical (unpaired) electrons. The van der Waals surface area contributed by atoms with Gasteiger partial charge in [0.05, 0.1) is 11.0 Å². The summed E-state index contributed by atoms with van der Waals surface area (Å²) in [6, 6.07) is 19.3. The van der Waals surface area contributed by atoms with Gasteiger partial charge in [-0.3, -0.25) is 9.97 Å². The number of benzene rings is 1. The van der Waals surface area contributed by atoms with E-state index in [0.29, 0.717) is 0 Å². The Morgan fingerprint density at radius 2 is 0.712 bits per heavy atom. The Balaban J connectivity index is 1.09. The number of thiophene rings is 4. The first-order valence-corrected chi connectivity index (χ1v) is 30.1. The summed E-state index contributed by atoms with van der Waals surface area (Å²) in [6.07, 6.45) is 41.1. The Morgan fingerprint density at radius 3 is 1.09 bits per heavy atom. The van der Waals surface area contributed by atoms with E-state index >= 15 is 0 Å². The van der Waals surface area contributed by atoms with Crippen molar-refractivity contribution in [1.82, 2.24) is 9.97 Å². The van der Waals surface area contributed by atoms with Gasteiger partial charge in [-0.05, 0) is 121 Å². The lowest BCUT2D eigenvalue weighted by molar-refractivity contribution is 0.608. The van der Waals surface area contributed by atoms with Crippen LogP contribution < -0.4 is 0 Å². The van der Waals surface area contributed by atoms with Crippen LogP contribution in [-0.2, 0) is 25.7 Å². The summed E-state index contributed by atoms with van der Waals surface area (Å²) in [4.78, 5) is 18.9. The maximum Gasteiger partial charge on any atom is 0.0965 e. The number of rotatable bonds is 32. The second-order valence-corrected chi connectivity index (χ2v) is 23.2. The average molecular weight is 958 g/mol. The van der Waals surface area contributed by atoms with E-state index in [1.807, 2.05) is 45.3 Å². The lowest BCUT2D eigenvalue weighted by Gasteiger charge is -2.06. The van der Waals surface area contributed by atoms with E-state index in [0.717, 1.165) is 23.9 Å². The zero-order valence-electron chi connectivity index (χ0n) is 41.3. The molecule has 0 aliphatic rings. The van der Waals surface area contributed by atoms with Gasteiger partial charge >= 0.3 is 0 Å². The molecule has 0 spiro atoms. The zero-order chi connectivity index (χ0) is 45.8. The van der Waals surface area contributed by atoms with Crippen molar-refractivity contribution < 1.29 is 0 Å². The van der Waals surface area contributed by atoms with Gasteiger partial charge in [0.25, 0.3) is 0 Å². The van der Waals surface area contributed by atoms with Gasteiger partial charge in [-0.1, -0.05) is 168 Å². The molecule has 0 saturated heterocycles. The largest absolute Gasteiger partial charge is 0.253 e. The van der Waals surface area contributed by atoms with E-state index < -0.39 is 0 Å². The third kappa shape index (κ3) is 14.7. The third-order valence-corrected chi connectivity index (χ3v) is 18.5. The van der Waals surface area contributed by atoms with Gasteiger partial charge in [0.2, 0.25) is 0 Å². The highest BCUT2D eigenvalue weighted by Crippen LogP contribution is 2.44. The van der Waals surface area contributed by atoms with Crippen molar-refractivity contribution in [3.05, 3.63) is 93.9 Å². The van der Waals surface area contributed by atoms with E-state index in [2.05, 4.69) is 99.4 Å². The Kier molecular flexibility index (Phi) is 21.3. The predicted molar refractivity (Wildman–Crippen MR) is 299 cm³/mol. The van der Waals surface area contributed by atoms with E-state index in [1.165, 1.54) is 240 Å². The van der Waals surface area contributed by atoms with Crippen molar-refractivity contribution in [2.24, 2.45) is 0 Å². The van der Waals surface area contributed by atoms with Gasteiger partial charge in [0.1, 0.15) is 0 Å². The van der Waals surface area contributed by atoms with Crippen LogP contribution in [-0.4, -0.2) is 9.97 Å². The fourth-order valence-corrected chi connectivity index (χ4v) is 14.2. The van der Waals surface area contributed by atoms with Gasteiger partial charge in [0, 0.05) is 63.6 Å². The quantitative estimate of drug-likeness (QED) is 0.0311. The summed E-state index contributed by atoms with van der Waals surface area (Å²) in [5.74, 6) is 0. The molecule has 0 aliphatic carbocycles. The highest BCUT2D eigenvalue weighted by Gasteiger charge is 2.18. The number of aryl methyl sites for hydroxylation is 4. The van der Waals surface area contributed by atoms with E-state index in [9.17, 15) is 0 Å². The second kappa shape index (κ2) is 27.7. The maximum atomic E-state index is 5.18. The molecule has 6 heteroatoms. The van der Waals surface area contributed by atoms with E-state index in [1.54, 1.807) is 0 Å². The normalized spacial score (nSPS) is 11.8. The van der Waals surface area contributed by atoms with Gasteiger partial charge in [-0.15, -0.1) is 45.3 Å². The fourth-order valence-electron chi connectivity index (χ4n) is 9.65. The molecular weight excluding hydrogens is 877 g/mol. The molecule has 2 nitrogen and oxygen atoms in total. The number of nitrogens with zero attached hydrogens (tertiary/aromatic N) is 2. The van der Waals surface area contributed by atoms with Crippen LogP contribution in [0.15, 0.2) is 71.7 Å². The van der Waals surface area contributed by atoms with Crippen molar-refractivity contribution in [3.63, 3.8) is 0 Å². The summed E-state index contributed by atoms with van der Waals surface area (Å²) in [6.45, 7) is 9.22. The summed E-state index contributed by atoms with van der Waals surface area (Å²) in [5, 5.41) is 7.19. The zero-order valence-corrected chi connectivity index (χ0v) is 44.5. The van der Waals surface area contributed by atoms with Crippen LogP contribution in [0.5, 0.6) is 0 Å². The van der Waals surface area contributed by atoms with Crippen LogP contribution in [0, 0.1) is 0 Å².